The number of pyridine rings is 1. The molecule has 1 aliphatic rings. The third-order valence-electron chi connectivity index (χ3n) is 4.36. The first-order valence-electron chi connectivity index (χ1n) is 9.03. The van der Waals surface area contributed by atoms with Crippen LogP contribution in [0.2, 0.25) is 0 Å². The van der Waals surface area contributed by atoms with Gasteiger partial charge in [-0.05, 0) is 24.3 Å². The van der Waals surface area contributed by atoms with E-state index in [4.69, 9.17) is 10.00 Å². The topological polar surface area (TPSA) is 107 Å². The van der Waals surface area contributed by atoms with Gasteiger partial charge in [0.2, 0.25) is 5.91 Å². The molecule has 0 bridgehead atoms. The van der Waals surface area contributed by atoms with E-state index >= 15 is 0 Å². The molecule has 1 atom stereocenters. The molecule has 9 heteroatoms. The average Bonchev–Trinajstić information content (AvgIpc) is 3.08. The number of carbonyl (C=O) groups is 2. The molecular weight excluding hydrogens is 377 g/mol. The number of rotatable bonds is 7. The van der Waals surface area contributed by atoms with Crippen LogP contribution in [0, 0.1) is 17.1 Å². The Labute approximate surface area is 167 Å². The minimum atomic E-state index is -0.580. The van der Waals surface area contributed by atoms with Gasteiger partial charge in [0.25, 0.3) is 0 Å². The van der Waals surface area contributed by atoms with Gasteiger partial charge in [-0.2, -0.15) is 5.26 Å². The van der Waals surface area contributed by atoms with E-state index in [0.717, 1.165) is 5.69 Å². The number of nitrogens with one attached hydrogen (secondary N) is 2. The van der Waals surface area contributed by atoms with Crippen molar-refractivity contribution in [1.29, 1.82) is 5.26 Å². The van der Waals surface area contributed by atoms with E-state index in [1.807, 2.05) is 6.07 Å². The normalized spacial score (nSPS) is 15.7. The van der Waals surface area contributed by atoms with Crippen LogP contribution in [0.5, 0.6) is 0 Å². The Kier molecular flexibility index (Phi) is 6.36. The number of nitrogens with zero attached hydrogens (tertiary/aromatic N) is 3. The highest BCUT2D eigenvalue weighted by Crippen LogP contribution is 2.28. The molecule has 1 saturated heterocycles. The van der Waals surface area contributed by atoms with Crippen LogP contribution in [0.4, 0.5) is 14.9 Å². The van der Waals surface area contributed by atoms with E-state index in [1.54, 1.807) is 30.5 Å². The molecule has 2 N–H and O–H groups in total. The van der Waals surface area contributed by atoms with E-state index in [-0.39, 0.29) is 25.5 Å². The zero-order chi connectivity index (χ0) is 20.8. The van der Waals surface area contributed by atoms with Crippen LogP contribution < -0.4 is 15.5 Å². The molecule has 2 heterocycles. The first kappa shape index (κ1) is 20.2. The molecule has 0 aliphatic carbocycles. The lowest BCUT2D eigenvalue weighted by molar-refractivity contribution is -0.119. The fourth-order valence-corrected chi connectivity index (χ4v) is 2.94. The fourth-order valence-electron chi connectivity index (χ4n) is 2.94. The van der Waals surface area contributed by atoms with Crippen LogP contribution in [0.3, 0.4) is 0 Å². The van der Waals surface area contributed by atoms with Crippen LogP contribution in [-0.4, -0.2) is 42.7 Å². The first-order valence-corrected chi connectivity index (χ1v) is 9.03. The second-order valence-electron chi connectivity index (χ2n) is 6.52. The van der Waals surface area contributed by atoms with Gasteiger partial charge in [0, 0.05) is 30.8 Å². The second kappa shape index (κ2) is 9.12. The van der Waals surface area contributed by atoms with E-state index in [9.17, 15) is 14.0 Å². The number of anilines is 1. The molecular formula is C20H20FN5O3. The minimum Gasteiger partial charge on any atom is -0.442 e. The molecule has 0 radical (unpaired) electrons. The largest absolute Gasteiger partial charge is 0.442 e. The Morgan fingerprint density at radius 1 is 1.41 bits per heavy atom. The summed E-state index contributed by atoms with van der Waals surface area (Å²) in [6, 6.07) is 10.0. The zero-order valence-electron chi connectivity index (χ0n) is 15.8. The summed E-state index contributed by atoms with van der Waals surface area (Å²) in [5, 5.41) is 14.0. The molecule has 1 aromatic carbocycles. The predicted molar refractivity (Wildman–Crippen MR) is 103 cm³/mol. The predicted octanol–water partition coefficient (Wildman–Crippen LogP) is 1.96. The number of ether oxygens (including phenoxy) is 1. The van der Waals surface area contributed by atoms with E-state index in [1.165, 1.54) is 17.9 Å². The summed E-state index contributed by atoms with van der Waals surface area (Å²) in [4.78, 5) is 28.7. The Balaban J connectivity index is 1.69. The molecule has 1 aliphatic heterocycles. The van der Waals surface area contributed by atoms with Gasteiger partial charge in [-0.15, -0.1) is 0 Å². The molecule has 3 rings (SSSR count). The van der Waals surface area contributed by atoms with Crippen molar-refractivity contribution in [3.8, 4) is 17.2 Å². The highest BCUT2D eigenvalue weighted by molar-refractivity contribution is 5.90. The minimum absolute atomic E-state index is 0.208. The Bertz CT molecular complexity index is 942. The van der Waals surface area contributed by atoms with Crippen molar-refractivity contribution in [3.05, 3.63) is 48.0 Å². The number of benzene rings is 1. The first-order chi connectivity index (χ1) is 14.0. The maximum absolute atomic E-state index is 14.7. The van der Waals surface area contributed by atoms with E-state index < -0.39 is 18.0 Å². The van der Waals surface area contributed by atoms with Gasteiger partial charge < -0.3 is 10.1 Å². The highest BCUT2D eigenvalue weighted by atomic mass is 19.1. The van der Waals surface area contributed by atoms with Crippen LogP contribution in [0.1, 0.15) is 12.6 Å². The van der Waals surface area contributed by atoms with E-state index in [0.29, 0.717) is 23.4 Å². The Morgan fingerprint density at radius 3 is 2.90 bits per heavy atom. The standard InChI is InChI=1S/C20H20FN5O3/c1-13(27)24-11-17-12-26(20(28)29-17)16-4-5-18(19(21)8-16)14-2-3-15(25-9-14)10-23-7-6-22/h2-5,8-9,17,23H,7,10-12H2,1H3,(H,24,27)/t17-/m0/s1. The molecule has 8 nitrogen and oxygen atoms in total. The molecule has 2 amide bonds. The average molecular weight is 397 g/mol. The molecule has 0 saturated carbocycles. The summed E-state index contributed by atoms with van der Waals surface area (Å²) >= 11 is 0. The molecule has 2 aromatic rings. The van der Waals surface area contributed by atoms with Crippen LogP contribution in [0.25, 0.3) is 11.1 Å². The molecule has 150 valence electrons. The zero-order valence-corrected chi connectivity index (χ0v) is 15.8. The smallest absolute Gasteiger partial charge is 0.414 e. The lowest BCUT2D eigenvalue weighted by Gasteiger charge is -2.14. The summed E-state index contributed by atoms with van der Waals surface area (Å²) in [6.45, 7) is 2.49. The third kappa shape index (κ3) is 5.06. The maximum atomic E-state index is 14.7. The SMILES string of the molecule is CC(=O)NC[C@H]1CN(c2ccc(-c3ccc(CNCC#N)nc3)c(F)c2)C(=O)O1. The number of amides is 2. The monoisotopic (exact) mass is 397 g/mol. The van der Waals surface area contributed by atoms with Crippen molar-refractivity contribution in [2.75, 3.05) is 24.5 Å². The molecule has 1 fully saturated rings. The van der Waals surface area contributed by atoms with Crippen LogP contribution in [-0.2, 0) is 16.1 Å². The van der Waals surface area contributed by atoms with Crippen molar-refractivity contribution in [3.63, 3.8) is 0 Å². The van der Waals surface area contributed by atoms with Crippen LogP contribution in [0.15, 0.2) is 36.5 Å². The van der Waals surface area contributed by atoms with Crippen molar-refractivity contribution in [1.82, 2.24) is 15.6 Å². The van der Waals surface area contributed by atoms with Crippen molar-refractivity contribution < 1.29 is 18.7 Å². The Morgan fingerprint density at radius 2 is 2.24 bits per heavy atom. The van der Waals surface area contributed by atoms with Crippen molar-refractivity contribution in [2.45, 2.75) is 19.6 Å². The number of aromatic nitrogens is 1. The van der Waals surface area contributed by atoms with Crippen molar-refractivity contribution >= 4 is 17.7 Å². The van der Waals surface area contributed by atoms with Crippen LogP contribution >= 0.6 is 0 Å². The number of halogens is 1. The summed E-state index contributed by atoms with van der Waals surface area (Å²) in [5.74, 6) is -0.701. The molecule has 0 spiro atoms. The van der Waals surface area contributed by atoms with Gasteiger partial charge in [-0.1, -0.05) is 6.07 Å². The number of nitriles is 1. The summed E-state index contributed by atoms with van der Waals surface area (Å²) in [7, 11) is 0. The second-order valence-corrected chi connectivity index (χ2v) is 6.52. The lowest BCUT2D eigenvalue weighted by Crippen LogP contribution is -2.33. The molecule has 0 unspecified atom stereocenters. The fraction of sp³-hybridized carbons (Fsp3) is 0.300. The van der Waals surface area contributed by atoms with Gasteiger partial charge in [-0.25, -0.2) is 9.18 Å². The maximum Gasteiger partial charge on any atom is 0.414 e. The highest BCUT2D eigenvalue weighted by Gasteiger charge is 2.32. The van der Waals surface area contributed by atoms with Gasteiger partial charge >= 0.3 is 6.09 Å². The van der Waals surface area contributed by atoms with Gasteiger partial charge in [-0.3, -0.25) is 20.0 Å². The molecule has 29 heavy (non-hydrogen) atoms. The van der Waals surface area contributed by atoms with E-state index in [2.05, 4.69) is 15.6 Å². The van der Waals surface area contributed by atoms with Gasteiger partial charge in [0.1, 0.15) is 11.9 Å². The summed E-state index contributed by atoms with van der Waals surface area (Å²) in [6.07, 6.45) is 0.499. The lowest BCUT2D eigenvalue weighted by atomic mass is 10.1. The number of hydrogen-bond acceptors (Lipinski definition) is 6. The number of cyclic esters (lactones) is 1. The summed E-state index contributed by atoms with van der Waals surface area (Å²) in [5.41, 5.74) is 2.09. The van der Waals surface area contributed by atoms with Gasteiger partial charge in [0.05, 0.1) is 37.1 Å². The van der Waals surface area contributed by atoms with Crippen molar-refractivity contribution in [2.24, 2.45) is 0 Å². The van der Waals surface area contributed by atoms with Gasteiger partial charge in [0.15, 0.2) is 0 Å². The summed E-state index contributed by atoms with van der Waals surface area (Å²) < 4.78 is 19.9. The third-order valence-corrected chi connectivity index (χ3v) is 4.36. The number of hydrogen-bond donors (Lipinski definition) is 2. The quantitative estimate of drug-likeness (QED) is 0.546. The Hall–Kier alpha value is -3.51. The number of carbonyl (C=O) groups excluding carboxylic acids is 2. The molecule has 1 aromatic heterocycles.